The number of carbonyl (C=O) groups excluding carboxylic acids is 1. The average molecular weight is 236 g/mol. The van der Waals surface area contributed by atoms with Gasteiger partial charge in [-0.15, -0.1) is 11.3 Å². The minimum atomic E-state index is -0.108. The molecule has 2 aromatic rings. The molecule has 0 aliphatic carbocycles. The molecule has 0 saturated carbocycles. The molecule has 6 heteroatoms. The molecule has 0 fully saturated rings. The molecule has 84 valence electrons. The summed E-state index contributed by atoms with van der Waals surface area (Å²) in [4.78, 5) is 21.6. The lowest BCUT2D eigenvalue weighted by atomic mass is 10.4. The molecule has 0 aliphatic heterocycles. The van der Waals surface area contributed by atoms with Crippen LogP contribution in [0.5, 0.6) is 0 Å². The van der Waals surface area contributed by atoms with E-state index in [1.54, 1.807) is 35.7 Å². The van der Waals surface area contributed by atoms with Crippen molar-refractivity contribution in [2.45, 2.75) is 13.5 Å². The van der Waals surface area contributed by atoms with Gasteiger partial charge in [-0.2, -0.15) is 0 Å². The van der Waals surface area contributed by atoms with Gasteiger partial charge in [0.2, 0.25) is 0 Å². The molecule has 0 aromatic carbocycles. The van der Waals surface area contributed by atoms with Crippen molar-refractivity contribution in [3.05, 3.63) is 34.8 Å². The van der Waals surface area contributed by atoms with E-state index in [0.717, 1.165) is 10.7 Å². The third kappa shape index (κ3) is 2.27. The predicted molar refractivity (Wildman–Crippen MR) is 61.3 cm³/mol. The van der Waals surface area contributed by atoms with E-state index >= 15 is 0 Å². The average Bonchev–Trinajstić information content (AvgIpc) is 2.88. The molecular formula is C10H12N4OS. The number of rotatable bonds is 2. The molecule has 0 saturated heterocycles. The monoisotopic (exact) mass is 236 g/mol. The first-order chi connectivity index (χ1) is 7.66. The van der Waals surface area contributed by atoms with Crippen LogP contribution in [0.4, 0.5) is 4.79 Å². The summed E-state index contributed by atoms with van der Waals surface area (Å²) in [6, 6.07) is -0.108. The van der Waals surface area contributed by atoms with E-state index in [4.69, 9.17) is 0 Å². The van der Waals surface area contributed by atoms with Gasteiger partial charge in [-0.3, -0.25) is 4.57 Å². The van der Waals surface area contributed by atoms with Crippen LogP contribution in [0.2, 0.25) is 0 Å². The smallest absolute Gasteiger partial charge is 0.321 e. The molecule has 0 spiro atoms. The van der Waals surface area contributed by atoms with E-state index in [1.165, 1.54) is 10.9 Å². The number of nitrogens with zero attached hydrogens (tertiary/aromatic N) is 4. The topological polar surface area (TPSA) is 51.0 Å². The van der Waals surface area contributed by atoms with Crippen molar-refractivity contribution < 1.29 is 4.79 Å². The standard InChI is InChI=1S/C10H12N4OS/c1-8-12-9(6-16-8)5-13(2)10(15)14-4-3-11-7-14/h3-4,6-7H,5H2,1-2H3. The van der Waals surface area contributed by atoms with E-state index < -0.39 is 0 Å². The first kappa shape index (κ1) is 10.8. The molecule has 1 amide bonds. The number of hydrogen-bond acceptors (Lipinski definition) is 4. The Labute approximate surface area is 97.4 Å². The molecule has 5 nitrogen and oxygen atoms in total. The van der Waals surface area contributed by atoms with Crippen LogP contribution in [-0.2, 0) is 6.54 Å². The number of thiazole rings is 1. The van der Waals surface area contributed by atoms with E-state index in [0.29, 0.717) is 6.54 Å². The minimum absolute atomic E-state index is 0.108. The Morgan fingerprint density at radius 1 is 1.62 bits per heavy atom. The fourth-order valence-electron chi connectivity index (χ4n) is 1.36. The molecule has 0 aliphatic rings. The maximum Gasteiger partial charge on any atom is 0.329 e. The SMILES string of the molecule is Cc1nc(CN(C)C(=O)n2ccnc2)cs1. The lowest BCUT2D eigenvalue weighted by Gasteiger charge is -2.15. The van der Waals surface area contributed by atoms with Crippen LogP contribution >= 0.6 is 11.3 Å². The van der Waals surface area contributed by atoms with E-state index in [-0.39, 0.29) is 6.03 Å². The van der Waals surface area contributed by atoms with Crippen LogP contribution in [0.1, 0.15) is 10.7 Å². The van der Waals surface area contributed by atoms with Crippen molar-refractivity contribution in [3.63, 3.8) is 0 Å². The zero-order valence-corrected chi connectivity index (χ0v) is 9.94. The van der Waals surface area contributed by atoms with Crippen molar-refractivity contribution in [2.75, 3.05) is 7.05 Å². The summed E-state index contributed by atoms with van der Waals surface area (Å²) in [6.07, 6.45) is 4.70. The second-order valence-electron chi connectivity index (χ2n) is 3.47. The highest BCUT2D eigenvalue weighted by Gasteiger charge is 2.11. The van der Waals surface area contributed by atoms with Crippen molar-refractivity contribution in [3.8, 4) is 0 Å². The molecular weight excluding hydrogens is 224 g/mol. The molecule has 2 rings (SSSR count). The third-order valence-corrected chi connectivity index (χ3v) is 2.94. The fourth-order valence-corrected chi connectivity index (χ4v) is 1.96. The number of aromatic nitrogens is 3. The van der Waals surface area contributed by atoms with Gasteiger partial charge in [0, 0.05) is 24.8 Å². The molecule has 0 atom stereocenters. The maximum atomic E-state index is 11.8. The van der Waals surface area contributed by atoms with Crippen molar-refractivity contribution in [2.24, 2.45) is 0 Å². The highest BCUT2D eigenvalue weighted by Crippen LogP contribution is 2.10. The zero-order chi connectivity index (χ0) is 11.5. The predicted octanol–water partition coefficient (Wildman–Crippen LogP) is 1.75. The van der Waals surface area contributed by atoms with Crippen LogP contribution < -0.4 is 0 Å². The van der Waals surface area contributed by atoms with Gasteiger partial charge in [0.25, 0.3) is 0 Å². The summed E-state index contributed by atoms with van der Waals surface area (Å²) >= 11 is 1.59. The van der Waals surface area contributed by atoms with Gasteiger partial charge in [-0.05, 0) is 6.92 Å². The number of hydrogen-bond donors (Lipinski definition) is 0. The van der Waals surface area contributed by atoms with Gasteiger partial charge in [-0.25, -0.2) is 14.8 Å². The van der Waals surface area contributed by atoms with Gasteiger partial charge in [0.05, 0.1) is 17.2 Å². The largest absolute Gasteiger partial charge is 0.329 e. The summed E-state index contributed by atoms with van der Waals surface area (Å²) in [7, 11) is 1.75. The van der Waals surface area contributed by atoms with Crippen LogP contribution in [0, 0.1) is 6.92 Å². The first-order valence-electron chi connectivity index (χ1n) is 4.81. The number of aryl methyl sites for hydroxylation is 1. The van der Waals surface area contributed by atoms with Crippen molar-refractivity contribution >= 4 is 17.4 Å². The van der Waals surface area contributed by atoms with Gasteiger partial charge in [0.15, 0.2) is 0 Å². The molecule has 16 heavy (non-hydrogen) atoms. The normalized spacial score (nSPS) is 10.4. The Kier molecular flexibility index (Phi) is 3.00. The van der Waals surface area contributed by atoms with Crippen LogP contribution in [0.3, 0.4) is 0 Å². The highest BCUT2D eigenvalue weighted by atomic mass is 32.1. The Morgan fingerprint density at radius 2 is 2.44 bits per heavy atom. The molecule has 0 bridgehead atoms. The van der Waals surface area contributed by atoms with Crippen molar-refractivity contribution in [1.82, 2.24) is 19.4 Å². The Hall–Kier alpha value is -1.69. The Bertz CT molecular complexity index is 477. The summed E-state index contributed by atoms with van der Waals surface area (Å²) in [5.74, 6) is 0. The molecule has 0 N–H and O–H groups in total. The number of imidazole rings is 1. The van der Waals surface area contributed by atoms with E-state index in [1.807, 2.05) is 12.3 Å². The van der Waals surface area contributed by atoms with Gasteiger partial charge in [0.1, 0.15) is 6.33 Å². The first-order valence-corrected chi connectivity index (χ1v) is 5.69. The molecule has 2 aromatic heterocycles. The molecule has 0 radical (unpaired) electrons. The summed E-state index contributed by atoms with van der Waals surface area (Å²) in [5.41, 5.74) is 0.915. The minimum Gasteiger partial charge on any atom is -0.321 e. The van der Waals surface area contributed by atoms with Crippen LogP contribution in [0.15, 0.2) is 24.1 Å². The second-order valence-corrected chi connectivity index (χ2v) is 4.53. The summed E-state index contributed by atoms with van der Waals surface area (Å²) < 4.78 is 1.44. The lowest BCUT2D eigenvalue weighted by molar-refractivity contribution is 0.208. The van der Waals surface area contributed by atoms with Gasteiger partial charge in [-0.1, -0.05) is 0 Å². The molecule has 2 heterocycles. The maximum absolute atomic E-state index is 11.8. The van der Waals surface area contributed by atoms with Crippen molar-refractivity contribution in [1.29, 1.82) is 0 Å². The third-order valence-electron chi connectivity index (χ3n) is 2.12. The van der Waals surface area contributed by atoms with E-state index in [2.05, 4.69) is 9.97 Å². The lowest BCUT2D eigenvalue weighted by Crippen LogP contribution is -2.29. The quantitative estimate of drug-likeness (QED) is 0.798. The van der Waals surface area contributed by atoms with Gasteiger partial charge >= 0.3 is 6.03 Å². The Morgan fingerprint density at radius 3 is 3.00 bits per heavy atom. The summed E-state index contributed by atoms with van der Waals surface area (Å²) in [6.45, 7) is 2.47. The molecule has 0 unspecified atom stereocenters. The second kappa shape index (κ2) is 4.44. The Balaban J connectivity index is 2.03. The summed E-state index contributed by atoms with van der Waals surface area (Å²) in [5, 5.41) is 2.98. The van der Waals surface area contributed by atoms with Crippen LogP contribution in [0.25, 0.3) is 0 Å². The van der Waals surface area contributed by atoms with E-state index in [9.17, 15) is 4.79 Å². The number of carbonyl (C=O) groups is 1. The number of amides is 1. The van der Waals surface area contributed by atoms with Gasteiger partial charge < -0.3 is 4.90 Å². The highest BCUT2D eigenvalue weighted by molar-refractivity contribution is 7.09. The zero-order valence-electron chi connectivity index (χ0n) is 9.12. The van der Waals surface area contributed by atoms with Crippen LogP contribution in [-0.4, -0.2) is 32.5 Å². The fraction of sp³-hybridized carbons (Fsp3) is 0.300.